The molecule has 0 aliphatic carbocycles. The second-order valence-corrected chi connectivity index (χ2v) is 10.6. The van der Waals surface area contributed by atoms with Crippen LogP contribution in [0.3, 0.4) is 0 Å². The first kappa shape index (κ1) is 25.3. The molecule has 1 fully saturated rings. The zero-order chi connectivity index (χ0) is 26.7. The fourth-order valence-electron chi connectivity index (χ4n) is 4.60. The van der Waals surface area contributed by atoms with Crippen molar-refractivity contribution in [2.75, 3.05) is 29.8 Å². The van der Waals surface area contributed by atoms with E-state index in [1.165, 1.54) is 19.4 Å². The maximum absolute atomic E-state index is 13.7. The van der Waals surface area contributed by atoms with E-state index in [1.807, 2.05) is 0 Å². The SMILES string of the molecule is COc1ccccc1NS(=O)(=O)c1cc(N=Cc2c(O)oc(=O)c3ccccc23)ccc1N1CCCCC1. The first-order valence-corrected chi connectivity index (χ1v) is 13.7. The standard InChI is InChI=1S/C28H27N3O6S/c1-36-25-12-6-5-11-23(25)30-38(34,35)26-17-19(13-14-24(26)31-15-7-2-8-16-31)29-18-22-20-9-3-4-10-21(20)27(32)37-28(22)33/h3-6,9-14,17-18,30,33H,2,7-8,15-16H2,1H3. The minimum Gasteiger partial charge on any atom is -0.495 e. The fourth-order valence-corrected chi connectivity index (χ4v) is 5.91. The number of piperidine rings is 1. The fraction of sp³-hybridized carbons (Fsp3) is 0.214. The van der Waals surface area contributed by atoms with E-state index in [-0.39, 0.29) is 10.5 Å². The van der Waals surface area contributed by atoms with Crippen molar-refractivity contribution in [1.29, 1.82) is 0 Å². The second-order valence-electron chi connectivity index (χ2n) is 8.92. The van der Waals surface area contributed by atoms with Crippen LogP contribution in [0, 0.1) is 0 Å². The van der Waals surface area contributed by atoms with Gasteiger partial charge in [-0.25, -0.2) is 13.2 Å². The minimum atomic E-state index is -4.03. The molecule has 1 aliphatic rings. The van der Waals surface area contributed by atoms with Gasteiger partial charge in [-0.3, -0.25) is 9.71 Å². The van der Waals surface area contributed by atoms with Gasteiger partial charge in [-0.2, -0.15) is 0 Å². The highest BCUT2D eigenvalue weighted by molar-refractivity contribution is 7.93. The van der Waals surface area contributed by atoms with E-state index in [0.717, 1.165) is 32.4 Å². The molecule has 0 spiro atoms. The summed E-state index contributed by atoms with van der Waals surface area (Å²) < 4.78 is 40.3. The average molecular weight is 534 g/mol. The summed E-state index contributed by atoms with van der Waals surface area (Å²) in [6, 6.07) is 18.5. The molecule has 0 saturated carbocycles. The van der Waals surface area contributed by atoms with Crippen molar-refractivity contribution >= 4 is 44.1 Å². The van der Waals surface area contributed by atoms with E-state index in [4.69, 9.17) is 9.15 Å². The molecule has 2 N–H and O–H groups in total. The number of benzene rings is 3. The normalized spacial score (nSPS) is 14.2. The molecule has 3 aromatic carbocycles. The van der Waals surface area contributed by atoms with Crippen LogP contribution in [0.25, 0.3) is 10.8 Å². The Morgan fingerprint density at radius 3 is 2.47 bits per heavy atom. The molecule has 1 aromatic heterocycles. The minimum absolute atomic E-state index is 0.0774. The first-order valence-electron chi connectivity index (χ1n) is 12.2. The van der Waals surface area contributed by atoms with Crippen LogP contribution in [0.1, 0.15) is 24.8 Å². The van der Waals surface area contributed by atoms with E-state index < -0.39 is 21.6 Å². The number of aliphatic imine (C=N–C) groups is 1. The lowest BCUT2D eigenvalue weighted by Crippen LogP contribution is -2.31. The quantitative estimate of drug-likeness (QED) is 0.319. The Kier molecular flexibility index (Phi) is 7.06. The molecule has 0 atom stereocenters. The molecule has 0 unspecified atom stereocenters. The number of anilines is 2. The number of ether oxygens (including phenoxy) is 1. The van der Waals surface area contributed by atoms with Gasteiger partial charge in [-0.1, -0.05) is 30.3 Å². The maximum atomic E-state index is 13.7. The van der Waals surface area contributed by atoms with Crippen LogP contribution in [0.5, 0.6) is 11.7 Å². The summed E-state index contributed by atoms with van der Waals surface area (Å²) in [4.78, 5) is 18.7. The van der Waals surface area contributed by atoms with E-state index in [9.17, 15) is 18.3 Å². The number of hydrogen-bond acceptors (Lipinski definition) is 8. The van der Waals surface area contributed by atoms with Gasteiger partial charge in [0, 0.05) is 24.7 Å². The van der Waals surface area contributed by atoms with Crippen LogP contribution in [-0.4, -0.2) is 39.9 Å². The van der Waals surface area contributed by atoms with Gasteiger partial charge in [0.2, 0.25) is 0 Å². The second kappa shape index (κ2) is 10.6. The van der Waals surface area contributed by atoms with E-state index in [0.29, 0.717) is 33.6 Å². The van der Waals surface area contributed by atoms with Crippen molar-refractivity contribution in [1.82, 2.24) is 0 Å². The number of nitrogens with zero attached hydrogens (tertiary/aromatic N) is 2. The molecule has 196 valence electrons. The lowest BCUT2D eigenvalue weighted by Gasteiger charge is -2.30. The number of hydrogen-bond donors (Lipinski definition) is 2. The molecule has 38 heavy (non-hydrogen) atoms. The molecule has 2 heterocycles. The summed E-state index contributed by atoms with van der Waals surface area (Å²) in [5, 5.41) is 11.1. The third-order valence-corrected chi connectivity index (χ3v) is 7.88. The summed E-state index contributed by atoms with van der Waals surface area (Å²) in [5.74, 6) is -0.161. The van der Waals surface area contributed by atoms with Gasteiger partial charge in [-0.05, 0) is 55.7 Å². The number of para-hydroxylation sites is 2. The molecule has 4 aromatic rings. The molecule has 1 aliphatic heterocycles. The number of aromatic hydroxyl groups is 1. The Bertz CT molecular complexity index is 1670. The van der Waals surface area contributed by atoms with Crippen molar-refractivity contribution in [3.8, 4) is 11.7 Å². The molecular formula is C28H27N3O6S. The number of sulfonamides is 1. The Hall–Kier alpha value is -4.31. The zero-order valence-corrected chi connectivity index (χ0v) is 21.6. The monoisotopic (exact) mass is 533 g/mol. The van der Waals surface area contributed by atoms with E-state index >= 15 is 0 Å². The van der Waals surface area contributed by atoms with Gasteiger partial charge < -0.3 is 19.2 Å². The van der Waals surface area contributed by atoms with Crippen molar-refractivity contribution in [2.45, 2.75) is 24.2 Å². The molecule has 10 heteroatoms. The van der Waals surface area contributed by atoms with Crippen LogP contribution in [0.15, 0.2) is 85.8 Å². The first-order chi connectivity index (χ1) is 18.4. The number of nitrogens with one attached hydrogen (secondary N) is 1. The van der Waals surface area contributed by atoms with Gasteiger partial charge in [-0.15, -0.1) is 0 Å². The van der Waals surface area contributed by atoms with Crippen LogP contribution >= 0.6 is 0 Å². The molecule has 0 bridgehead atoms. The van der Waals surface area contributed by atoms with Gasteiger partial charge >= 0.3 is 5.63 Å². The summed E-state index contributed by atoms with van der Waals surface area (Å²) in [6.45, 7) is 1.51. The Morgan fingerprint density at radius 2 is 1.71 bits per heavy atom. The largest absolute Gasteiger partial charge is 0.495 e. The zero-order valence-electron chi connectivity index (χ0n) is 20.8. The number of methoxy groups -OCH3 is 1. The summed E-state index contributed by atoms with van der Waals surface area (Å²) in [7, 11) is -2.56. The van der Waals surface area contributed by atoms with Crippen LogP contribution in [0.2, 0.25) is 0 Å². The highest BCUT2D eigenvalue weighted by Gasteiger charge is 2.25. The van der Waals surface area contributed by atoms with E-state index in [2.05, 4.69) is 14.6 Å². The Labute approximate surface area is 220 Å². The maximum Gasteiger partial charge on any atom is 0.346 e. The highest BCUT2D eigenvalue weighted by atomic mass is 32.2. The van der Waals surface area contributed by atoms with Crippen LogP contribution in [0.4, 0.5) is 17.1 Å². The predicted molar refractivity (Wildman–Crippen MR) is 148 cm³/mol. The molecule has 5 rings (SSSR count). The smallest absolute Gasteiger partial charge is 0.346 e. The lowest BCUT2D eigenvalue weighted by molar-refractivity contribution is 0.312. The van der Waals surface area contributed by atoms with Crippen LogP contribution in [-0.2, 0) is 10.0 Å². The summed E-state index contributed by atoms with van der Waals surface area (Å²) >= 11 is 0. The average Bonchev–Trinajstić information content (AvgIpc) is 2.93. The Morgan fingerprint density at radius 1 is 1.00 bits per heavy atom. The van der Waals surface area contributed by atoms with Crippen LogP contribution < -0.4 is 20.0 Å². The lowest BCUT2D eigenvalue weighted by atomic mass is 10.1. The predicted octanol–water partition coefficient (Wildman–Crippen LogP) is 5.05. The topological polar surface area (TPSA) is 121 Å². The highest BCUT2D eigenvalue weighted by Crippen LogP contribution is 2.34. The molecule has 0 radical (unpaired) electrons. The van der Waals surface area contributed by atoms with Crippen molar-refractivity contribution in [2.24, 2.45) is 4.99 Å². The molecular weight excluding hydrogens is 506 g/mol. The van der Waals surface area contributed by atoms with Gasteiger partial charge in [0.15, 0.2) is 0 Å². The van der Waals surface area contributed by atoms with Gasteiger partial charge in [0.25, 0.3) is 16.0 Å². The molecule has 9 nitrogen and oxygen atoms in total. The number of fused-ring (bicyclic) bond motifs is 1. The molecule has 0 amide bonds. The molecule has 1 saturated heterocycles. The van der Waals surface area contributed by atoms with Crippen molar-refractivity contribution < 1.29 is 22.7 Å². The number of rotatable bonds is 7. The summed E-state index contributed by atoms with van der Waals surface area (Å²) in [6.07, 6.45) is 4.42. The van der Waals surface area contributed by atoms with Crippen molar-refractivity contribution in [3.05, 3.63) is 82.7 Å². The van der Waals surface area contributed by atoms with Gasteiger partial charge in [0.1, 0.15) is 10.6 Å². The van der Waals surface area contributed by atoms with Crippen molar-refractivity contribution in [3.63, 3.8) is 0 Å². The third kappa shape index (κ3) is 5.08. The Balaban J connectivity index is 1.58. The summed E-state index contributed by atoms with van der Waals surface area (Å²) in [5.41, 5.74) is 0.823. The third-order valence-electron chi connectivity index (χ3n) is 6.48. The van der Waals surface area contributed by atoms with E-state index in [1.54, 1.807) is 60.7 Å². The van der Waals surface area contributed by atoms with Gasteiger partial charge in [0.05, 0.1) is 35.1 Å².